The van der Waals surface area contributed by atoms with E-state index in [1.807, 2.05) is 16.7 Å². The Morgan fingerprint density at radius 1 is 1.00 bits per heavy atom. The first-order chi connectivity index (χ1) is 17.1. The number of benzene rings is 1. The molecule has 37 heavy (non-hydrogen) atoms. The van der Waals surface area contributed by atoms with Crippen LogP contribution in [0.25, 0.3) is 0 Å². The zero-order chi connectivity index (χ0) is 27.2. The SMILES string of the molecule is CC1C(=O)N(CCCN2CCC3(CC3)C(O[Si](C)(C)C(C)(C)C)C2)CCN1c1ccc(C(F)(F)F)cc1. The van der Waals surface area contributed by atoms with Gasteiger partial charge in [-0.15, -0.1) is 0 Å². The smallest absolute Gasteiger partial charge is 0.412 e. The van der Waals surface area contributed by atoms with Crippen molar-refractivity contribution < 1.29 is 22.4 Å². The van der Waals surface area contributed by atoms with Crippen LogP contribution in [-0.2, 0) is 15.4 Å². The number of carbonyl (C=O) groups is 1. The van der Waals surface area contributed by atoms with Crippen LogP contribution in [0, 0.1) is 5.41 Å². The summed E-state index contributed by atoms with van der Waals surface area (Å²) < 4.78 is 45.6. The summed E-state index contributed by atoms with van der Waals surface area (Å²) in [6.07, 6.45) is 0.650. The highest BCUT2D eigenvalue weighted by atomic mass is 28.4. The molecule has 3 aliphatic rings. The van der Waals surface area contributed by atoms with Crippen LogP contribution in [0.1, 0.15) is 58.9 Å². The fraction of sp³-hybridized carbons (Fsp3) is 0.750. The minimum atomic E-state index is -4.36. The van der Waals surface area contributed by atoms with Gasteiger partial charge >= 0.3 is 6.18 Å². The molecule has 3 fully saturated rings. The van der Waals surface area contributed by atoms with E-state index in [0.717, 1.165) is 38.2 Å². The zero-order valence-electron chi connectivity index (χ0n) is 23.3. The van der Waals surface area contributed by atoms with Crippen molar-refractivity contribution in [3.05, 3.63) is 29.8 Å². The van der Waals surface area contributed by atoms with Crippen LogP contribution < -0.4 is 4.90 Å². The lowest BCUT2D eigenvalue weighted by Gasteiger charge is -2.46. The second-order valence-electron chi connectivity index (χ2n) is 12.9. The third-order valence-corrected chi connectivity index (χ3v) is 13.8. The molecule has 1 spiro atoms. The Balaban J connectivity index is 1.27. The first-order valence-corrected chi connectivity index (χ1v) is 16.7. The predicted molar refractivity (Wildman–Crippen MR) is 144 cm³/mol. The van der Waals surface area contributed by atoms with Crippen LogP contribution in [0.2, 0.25) is 18.1 Å². The molecule has 2 saturated heterocycles. The third-order valence-electron chi connectivity index (χ3n) is 9.34. The molecule has 2 aliphatic heterocycles. The van der Waals surface area contributed by atoms with Crippen LogP contribution in [0.4, 0.5) is 18.9 Å². The number of rotatable bonds is 7. The van der Waals surface area contributed by atoms with Gasteiger partial charge in [-0.05, 0) is 93.5 Å². The molecule has 0 radical (unpaired) electrons. The molecule has 2 atom stereocenters. The summed E-state index contributed by atoms with van der Waals surface area (Å²) in [5.41, 5.74) is 0.381. The van der Waals surface area contributed by atoms with Gasteiger partial charge in [-0.3, -0.25) is 4.79 Å². The molecule has 0 N–H and O–H groups in total. The van der Waals surface area contributed by atoms with Gasteiger partial charge in [-0.2, -0.15) is 13.2 Å². The van der Waals surface area contributed by atoms with Gasteiger partial charge in [0.15, 0.2) is 8.32 Å². The number of hydrogen-bond acceptors (Lipinski definition) is 4. The van der Waals surface area contributed by atoms with E-state index < -0.39 is 26.1 Å². The highest BCUT2D eigenvalue weighted by molar-refractivity contribution is 6.74. The number of likely N-dealkylation sites (tertiary alicyclic amines) is 1. The number of alkyl halides is 3. The lowest BCUT2D eigenvalue weighted by atomic mass is 9.90. The minimum Gasteiger partial charge on any atom is -0.412 e. The van der Waals surface area contributed by atoms with Gasteiger partial charge in [0.1, 0.15) is 6.04 Å². The summed E-state index contributed by atoms with van der Waals surface area (Å²) >= 11 is 0. The van der Waals surface area contributed by atoms with Gasteiger partial charge < -0.3 is 19.1 Å². The number of nitrogens with zero attached hydrogens (tertiary/aromatic N) is 3. The Kier molecular flexibility index (Phi) is 7.83. The molecule has 1 amide bonds. The van der Waals surface area contributed by atoms with Crippen molar-refractivity contribution in [3.63, 3.8) is 0 Å². The van der Waals surface area contributed by atoms with Gasteiger partial charge in [0, 0.05) is 31.9 Å². The van der Waals surface area contributed by atoms with Crippen LogP contribution in [0.3, 0.4) is 0 Å². The molecule has 0 aromatic heterocycles. The molecule has 2 heterocycles. The molecule has 1 aromatic carbocycles. The highest BCUT2D eigenvalue weighted by Gasteiger charge is 2.54. The maximum atomic E-state index is 13.1. The van der Waals surface area contributed by atoms with E-state index in [-0.39, 0.29) is 10.9 Å². The van der Waals surface area contributed by atoms with Gasteiger partial charge in [0.2, 0.25) is 5.91 Å². The fourth-order valence-corrected chi connectivity index (χ4v) is 6.91. The number of halogens is 3. The van der Waals surface area contributed by atoms with Gasteiger partial charge in [-0.1, -0.05) is 20.8 Å². The fourth-order valence-electron chi connectivity index (χ4n) is 5.52. The van der Waals surface area contributed by atoms with E-state index in [9.17, 15) is 18.0 Å². The topological polar surface area (TPSA) is 36.0 Å². The molecular weight excluding hydrogens is 495 g/mol. The highest BCUT2D eigenvalue weighted by Crippen LogP contribution is 2.56. The molecule has 5 nitrogen and oxygen atoms in total. The summed E-state index contributed by atoms with van der Waals surface area (Å²) in [7, 11) is -1.83. The molecule has 0 bridgehead atoms. The van der Waals surface area contributed by atoms with E-state index in [4.69, 9.17) is 4.43 Å². The Labute approximate surface area is 221 Å². The average molecular weight is 540 g/mol. The molecule has 208 valence electrons. The van der Waals surface area contributed by atoms with Gasteiger partial charge in [-0.25, -0.2) is 0 Å². The van der Waals surface area contributed by atoms with E-state index >= 15 is 0 Å². The van der Waals surface area contributed by atoms with Gasteiger partial charge in [0.25, 0.3) is 0 Å². The monoisotopic (exact) mass is 539 g/mol. The second-order valence-corrected chi connectivity index (χ2v) is 17.6. The largest absolute Gasteiger partial charge is 0.416 e. The van der Waals surface area contributed by atoms with Crippen molar-refractivity contribution in [1.82, 2.24) is 9.80 Å². The molecule has 1 aliphatic carbocycles. The molecular formula is C28H44F3N3O2Si. The van der Waals surface area contributed by atoms with Crippen molar-refractivity contribution in [2.24, 2.45) is 5.41 Å². The van der Waals surface area contributed by atoms with Crippen LogP contribution >= 0.6 is 0 Å². The van der Waals surface area contributed by atoms with E-state index in [1.54, 1.807) is 0 Å². The minimum absolute atomic E-state index is 0.0425. The maximum absolute atomic E-state index is 13.1. The van der Waals surface area contributed by atoms with E-state index in [2.05, 4.69) is 38.8 Å². The summed E-state index contributed by atoms with van der Waals surface area (Å²) in [5.74, 6) is 0.0425. The number of carbonyl (C=O) groups excluding carboxylic acids is 1. The third kappa shape index (κ3) is 6.19. The quantitative estimate of drug-likeness (QED) is 0.398. The molecule has 4 rings (SSSR count). The van der Waals surface area contributed by atoms with Crippen molar-refractivity contribution in [2.75, 3.05) is 44.2 Å². The zero-order valence-corrected chi connectivity index (χ0v) is 24.3. The molecule has 1 saturated carbocycles. The first kappa shape index (κ1) is 28.4. The average Bonchev–Trinajstić information content (AvgIpc) is 3.58. The Hall–Kier alpha value is -1.58. The maximum Gasteiger partial charge on any atom is 0.416 e. The predicted octanol–water partition coefficient (Wildman–Crippen LogP) is 6.01. The molecule has 2 unspecified atom stereocenters. The Morgan fingerprint density at radius 3 is 2.22 bits per heavy atom. The number of piperazine rings is 1. The van der Waals surface area contributed by atoms with Crippen LogP contribution in [0.15, 0.2) is 24.3 Å². The Morgan fingerprint density at radius 2 is 1.65 bits per heavy atom. The van der Waals surface area contributed by atoms with Crippen molar-refractivity contribution >= 4 is 19.9 Å². The van der Waals surface area contributed by atoms with E-state index in [0.29, 0.717) is 36.8 Å². The van der Waals surface area contributed by atoms with Crippen molar-refractivity contribution in [1.29, 1.82) is 0 Å². The standard InChI is InChI=1S/C28H44F3N3O2Si/c1-21-25(35)33(18-19-34(21)23-10-8-22(9-11-23)28(29,30)31)16-7-15-32-17-14-27(12-13-27)24(20-32)36-37(5,6)26(2,3)4/h8-11,21,24H,7,12-20H2,1-6H3. The summed E-state index contributed by atoms with van der Waals surface area (Å²) in [6, 6.07) is 4.72. The summed E-state index contributed by atoms with van der Waals surface area (Å²) in [5, 5.41) is 0.199. The second kappa shape index (κ2) is 10.2. The Bertz CT molecular complexity index is 957. The van der Waals surface area contributed by atoms with Crippen LogP contribution in [-0.4, -0.2) is 75.4 Å². The molecule has 1 aromatic rings. The van der Waals surface area contributed by atoms with E-state index in [1.165, 1.54) is 31.4 Å². The van der Waals surface area contributed by atoms with Gasteiger partial charge in [0.05, 0.1) is 11.7 Å². The number of amides is 1. The summed E-state index contributed by atoms with van der Waals surface area (Å²) in [4.78, 5) is 19.4. The molecule has 9 heteroatoms. The van der Waals surface area contributed by atoms with Crippen molar-refractivity contribution in [3.8, 4) is 0 Å². The van der Waals surface area contributed by atoms with Crippen molar-refractivity contribution in [2.45, 2.75) is 89.8 Å². The lowest BCUT2D eigenvalue weighted by molar-refractivity contribution is -0.137. The normalized spacial score (nSPS) is 25.2. The lowest BCUT2D eigenvalue weighted by Crippen LogP contribution is -2.56. The first-order valence-electron chi connectivity index (χ1n) is 13.8. The number of anilines is 1. The van der Waals surface area contributed by atoms with Crippen LogP contribution in [0.5, 0.6) is 0 Å². The summed E-state index contributed by atoms with van der Waals surface area (Å²) in [6.45, 7) is 18.4. The number of hydrogen-bond donors (Lipinski definition) is 0. The number of piperidine rings is 1.